The highest BCUT2D eigenvalue weighted by Gasteiger charge is 2.14. The molecule has 2 aromatic heterocycles. The monoisotopic (exact) mass is 311 g/mol. The number of aryl methyl sites for hydroxylation is 3. The van der Waals surface area contributed by atoms with Crippen LogP contribution in [0.4, 0.5) is 10.9 Å². The Morgan fingerprint density at radius 3 is 3.00 bits per heavy atom. The van der Waals surface area contributed by atoms with Crippen molar-refractivity contribution >= 4 is 22.5 Å². The molecule has 0 spiro atoms. The van der Waals surface area contributed by atoms with Gasteiger partial charge in [-0.05, 0) is 31.7 Å². The minimum atomic E-state index is 0.773. The van der Waals surface area contributed by atoms with Crippen molar-refractivity contribution in [3.8, 4) is 11.4 Å². The number of fused-ring (bicyclic) bond motifs is 1. The summed E-state index contributed by atoms with van der Waals surface area (Å²) in [5.41, 5.74) is 3.57. The molecule has 4 rings (SSSR count). The topological polar surface area (TPSA) is 55.6 Å². The van der Waals surface area contributed by atoms with E-state index in [0.29, 0.717) is 0 Å². The van der Waals surface area contributed by atoms with Gasteiger partial charge in [0.1, 0.15) is 0 Å². The van der Waals surface area contributed by atoms with Gasteiger partial charge >= 0.3 is 0 Å². The van der Waals surface area contributed by atoms with Gasteiger partial charge in [0.05, 0.1) is 0 Å². The van der Waals surface area contributed by atoms with Crippen LogP contribution in [0.25, 0.3) is 11.4 Å². The van der Waals surface area contributed by atoms with E-state index >= 15 is 0 Å². The van der Waals surface area contributed by atoms with Gasteiger partial charge in [-0.3, -0.25) is 4.68 Å². The van der Waals surface area contributed by atoms with E-state index in [1.807, 2.05) is 12.1 Å². The molecule has 0 fully saturated rings. The van der Waals surface area contributed by atoms with Crippen LogP contribution in [0.3, 0.4) is 0 Å². The second-order valence-electron chi connectivity index (χ2n) is 5.56. The van der Waals surface area contributed by atoms with Crippen LogP contribution in [-0.4, -0.2) is 19.1 Å². The first-order valence-electron chi connectivity index (χ1n) is 7.53. The third-order valence-electron chi connectivity index (χ3n) is 3.96. The molecular formula is C16H17N5S. The zero-order valence-corrected chi connectivity index (χ0v) is 13.2. The summed E-state index contributed by atoms with van der Waals surface area (Å²) in [6.07, 6.45) is 3.57. The summed E-state index contributed by atoms with van der Waals surface area (Å²) < 4.78 is 6.55. The van der Waals surface area contributed by atoms with Gasteiger partial charge in [-0.2, -0.15) is 14.5 Å². The summed E-state index contributed by atoms with van der Waals surface area (Å²) in [5, 5.41) is 8.66. The molecule has 112 valence electrons. The highest BCUT2D eigenvalue weighted by Crippen LogP contribution is 2.26. The fraction of sp³-hybridized carbons (Fsp3) is 0.312. The Morgan fingerprint density at radius 2 is 2.14 bits per heavy atom. The second-order valence-corrected chi connectivity index (χ2v) is 6.32. The maximum atomic E-state index is 4.59. The first-order valence-corrected chi connectivity index (χ1v) is 8.30. The van der Waals surface area contributed by atoms with Crippen LogP contribution < -0.4 is 5.32 Å². The third kappa shape index (κ3) is 2.50. The predicted octanol–water partition coefficient (Wildman–Crippen LogP) is 3.79. The Hall–Kier alpha value is -2.21. The van der Waals surface area contributed by atoms with Crippen molar-refractivity contribution in [2.24, 2.45) is 0 Å². The van der Waals surface area contributed by atoms with E-state index < -0.39 is 0 Å². The van der Waals surface area contributed by atoms with Crippen molar-refractivity contribution in [3.05, 3.63) is 41.6 Å². The second kappa shape index (κ2) is 5.53. The van der Waals surface area contributed by atoms with Crippen LogP contribution in [0.1, 0.15) is 24.1 Å². The van der Waals surface area contributed by atoms with Crippen LogP contribution in [-0.2, 0) is 13.0 Å². The zero-order chi connectivity index (χ0) is 14.9. The lowest BCUT2D eigenvalue weighted by molar-refractivity contribution is 0.487. The number of hydrogen-bond donors (Lipinski definition) is 1. The summed E-state index contributed by atoms with van der Waals surface area (Å²) in [6.45, 7) is 3.09. The van der Waals surface area contributed by atoms with Gasteiger partial charge < -0.3 is 5.32 Å². The Balaban J connectivity index is 1.57. The average Bonchev–Trinajstić information content (AvgIpc) is 3.14. The maximum Gasteiger partial charge on any atom is 0.208 e. The van der Waals surface area contributed by atoms with Gasteiger partial charge in [-0.1, -0.05) is 24.3 Å². The summed E-state index contributed by atoms with van der Waals surface area (Å²) in [5.74, 6) is 1.64. The van der Waals surface area contributed by atoms with E-state index in [1.54, 1.807) is 0 Å². The fourth-order valence-electron chi connectivity index (χ4n) is 2.80. The van der Waals surface area contributed by atoms with Gasteiger partial charge in [0.2, 0.25) is 5.13 Å². The van der Waals surface area contributed by atoms with Crippen LogP contribution in [0.5, 0.6) is 0 Å². The lowest BCUT2D eigenvalue weighted by Gasteiger charge is -2.11. The molecular weight excluding hydrogens is 294 g/mol. The first kappa shape index (κ1) is 13.5. The number of benzene rings is 1. The number of nitrogens with one attached hydrogen (secondary N) is 1. The van der Waals surface area contributed by atoms with Crippen LogP contribution in [0.2, 0.25) is 0 Å². The van der Waals surface area contributed by atoms with Crippen molar-refractivity contribution in [2.45, 2.75) is 32.7 Å². The van der Waals surface area contributed by atoms with Crippen LogP contribution in [0.15, 0.2) is 30.3 Å². The molecule has 0 unspecified atom stereocenters. The number of hydrogen-bond acceptors (Lipinski definition) is 5. The lowest BCUT2D eigenvalue weighted by Crippen LogP contribution is -2.10. The largest absolute Gasteiger partial charge is 0.313 e. The molecule has 5 nitrogen and oxygen atoms in total. The van der Waals surface area contributed by atoms with Crippen LogP contribution >= 0.6 is 11.5 Å². The third-order valence-corrected chi connectivity index (χ3v) is 4.59. The summed E-state index contributed by atoms with van der Waals surface area (Å²) in [4.78, 5) is 4.59. The summed E-state index contributed by atoms with van der Waals surface area (Å²) >= 11 is 1.37. The fourth-order valence-corrected chi connectivity index (χ4v) is 3.39. The molecule has 0 atom stereocenters. The van der Waals surface area contributed by atoms with Crippen molar-refractivity contribution in [1.29, 1.82) is 0 Å². The minimum Gasteiger partial charge on any atom is -0.313 e. The number of nitrogens with zero attached hydrogens (tertiary/aromatic N) is 4. The van der Waals surface area contributed by atoms with Crippen LogP contribution in [0, 0.1) is 6.92 Å². The van der Waals surface area contributed by atoms with Crippen molar-refractivity contribution < 1.29 is 0 Å². The molecule has 0 saturated heterocycles. The standard InChI is InChI=1S/C16H17N5S/c1-11-6-2-3-8-13(11)15-18-16(22-20-15)17-14-10-12-7-4-5-9-21(12)19-14/h2-3,6,8,10H,4-5,7,9H2,1H3,(H,17,18,19,20). The van der Waals surface area contributed by atoms with E-state index in [1.165, 1.54) is 35.6 Å². The Bertz CT molecular complexity index is 781. The summed E-state index contributed by atoms with van der Waals surface area (Å²) in [7, 11) is 0. The highest BCUT2D eigenvalue weighted by atomic mass is 32.1. The van der Waals surface area contributed by atoms with Gasteiger partial charge in [-0.25, -0.2) is 0 Å². The molecule has 0 radical (unpaired) electrons. The highest BCUT2D eigenvalue weighted by molar-refractivity contribution is 7.09. The minimum absolute atomic E-state index is 0.773. The van der Waals surface area contributed by atoms with Crippen molar-refractivity contribution in [2.75, 3.05) is 5.32 Å². The van der Waals surface area contributed by atoms with Gasteiger partial charge in [-0.15, -0.1) is 0 Å². The van der Waals surface area contributed by atoms with E-state index in [0.717, 1.165) is 35.3 Å². The first-order chi connectivity index (χ1) is 10.8. The molecule has 3 aromatic rings. The smallest absolute Gasteiger partial charge is 0.208 e. The molecule has 3 heterocycles. The molecule has 1 N–H and O–H groups in total. The lowest BCUT2D eigenvalue weighted by atomic mass is 10.1. The number of aromatic nitrogens is 4. The van der Waals surface area contributed by atoms with E-state index in [4.69, 9.17) is 0 Å². The van der Waals surface area contributed by atoms with E-state index in [-0.39, 0.29) is 0 Å². The molecule has 0 aliphatic carbocycles. The maximum absolute atomic E-state index is 4.59. The molecule has 0 saturated carbocycles. The van der Waals surface area contributed by atoms with E-state index in [2.05, 4.69) is 49.6 Å². The quantitative estimate of drug-likeness (QED) is 0.799. The number of anilines is 2. The number of rotatable bonds is 3. The molecule has 0 amide bonds. The molecule has 1 aromatic carbocycles. The average molecular weight is 311 g/mol. The SMILES string of the molecule is Cc1ccccc1-c1nsc(Nc2cc3n(n2)CCCC3)n1. The Kier molecular flexibility index (Phi) is 3.38. The normalized spacial score (nSPS) is 13.9. The Morgan fingerprint density at radius 1 is 1.23 bits per heavy atom. The molecule has 0 bridgehead atoms. The predicted molar refractivity (Wildman–Crippen MR) is 88.5 cm³/mol. The molecule has 1 aliphatic heterocycles. The summed E-state index contributed by atoms with van der Waals surface area (Å²) in [6, 6.07) is 10.3. The van der Waals surface area contributed by atoms with Gasteiger partial charge in [0.25, 0.3) is 0 Å². The van der Waals surface area contributed by atoms with Crippen molar-refractivity contribution in [3.63, 3.8) is 0 Å². The van der Waals surface area contributed by atoms with E-state index in [9.17, 15) is 0 Å². The van der Waals surface area contributed by atoms with Gasteiger partial charge in [0.15, 0.2) is 11.6 Å². The van der Waals surface area contributed by atoms with Gasteiger partial charge in [0, 0.05) is 35.4 Å². The molecule has 22 heavy (non-hydrogen) atoms. The molecule has 6 heteroatoms. The molecule has 1 aliphatic rings. The van der Waals surface area contributed by atoms with Crippen molar-refractivity contribution in [1.82, 2.24) is 19.1 Å². The Labute approximate surface area is 133 Å². The zero-order valence-electron chi connectivity index (χ0n) is 12.4.